The van der Waals surface area contributed by atoms with Crippen molar-refractivity contribution in [2.75, 3.05) is 20.1 Å². The van der Waals surface area contributed by atoms with Crippen LogP contribution >= 0.6 is 0 Å². The molecule has 1 fully saturated rings. The maximum atomic E-state index is 14.5. The smallest absolute Gasteiger partial charge is 0.307 e. The number of nitrogens with one attached hydrogen (secondary N) is 2. The molecule has 6 N–H and O–H groups in total. The summed E-state index contributed by atoms with van der Waals surface area (Å²) in [4.78, 5) is 44.4. The summed E-state index contributed by atoms with van der Waals surface area (Å²) < 4.78 is 28.9. The van der Waals surface area contributed by atoms with E-state index in [1.807, 2.05) is 30.3 Å². The highest BCUT2D eigenvalue weighted by Crippen LogP contribution is 2.25. The number of alkyl halides is 2. The van der Waals surface area contributed by atoms with Gasteiger partial charge in [0, 0.05) is 19.5 Å². The van der Waals surface area contributed by atoms with Gasteiger partial charge in [0.15, 0.2) is 5.96 Å². The normalized spacial score (nSPS) is 17.3. The molecule has 9 nitrogen and oxygen atoms in total. The van der Waals surface area contributed by atoms with E-state index >= 15 is 0 Å². The molecule has 0 radical (unpaired) electrons. The van der Waals surface area contributed by atoms with Crippen LogP contribution < -0.4 is 22.1 Å². The molecule has 11 heteroatoms. The van der Waals surface area contributed by atoms with E-state index in [9.17, 15) is 23.2 Å². The minimum Gasteiger partial charge on any atom is -0.370 e. The molecule has 0 saturated carbocycles. The lowest BCUT2D eigenvalue weighted by Gasteiger charge is -2.30. The number of nitrogens with zero attached hydrogens (tertiary/aromatic N) is 2. The number of hydrogen-bond acceptors (Lipinski definition) is 5. The number of likely N-dealkylation sites (N-methyl/N-ethyl adjacent to an activating group) is 1. The molecule has 1 aromatic carbocycles. The van der Waals surface area contributed by atoms with Crippen LogP contribution in [0.15, 0.2) is 35.3 Å². The summed E-state index contributed by atoms with van der Waals surface area (Å²) in [5.41, 5.74) is 11.6. The first-order valence-corrected chi connectivity index (χ1v) is 12.4. The molecule has 36 heavy (non-hydrogen) atoms. The van der Waals surface area contributed by atoms with Gasteiger partial charge >= 0.3 is 5.92 Å². The summed E-state index contributed by atoms with van der Waals surface area (Å²) in [5, 5.41) is 5.52. The van der Waals surface area contributed by atoms with E-state index in [0.717, 1.165) is 5.56 Å². The highest BCUT2D eigenvalue weighted by atomic mass is 19.3. The van der Waals surface area contributed by atoms with Gasteiger partial charge in [0.2, 0.25) is 17.6 Å². The number of amides is 2. The molecule has 1 aromatic rings. The number of rotatable bonds is 14. The molecule has 0 spiro atoms. The van der Waals surface area contributed by atoms with Gasteiger partial charge in [-0.15, -0.1) is 0 Å². The van der Waals surface area contributed by atoms with E-state index < -0.39 is 42.2 Å². The van der Waals surface area contributed by atoms with Crippen molar-refractivity contribution in [2.24, 2.45) is 16.5 Å². The molecule has 2 rings (SSSR count). The molecule has 0 bridgehead atoms. The lowest BCUT2D eigenvalue weighted by atomic mass is 10.0. The Balaban J connectivity index is 2.13. The van der Waals surface area contributed by atoms with Gasteiger partial charge in [-0.1, -0.05) is 37.3 Å². The van der Waals surface area contributed by atoms with Gasteiger partial charge in [-0.05, 0) is 51.1 Å². The number of hydrogen-bond donors (Lipinski definition) is 4. The highest BCUT2D eigenvalue weighted by molar-refractivity contribution is 5.96. The van der Waals surface area contributed by atoms with Gasteiger partial charge < -0.3 is 27.0 Å². The maximum absolute atomic E-state index is 14.5. The summed E-state index contributed by atoms with van der Waals surface area (Å²) in [6.07, 6.45) is 1.11. The fourth-order valence-electron chi connectivity index (χ4n) is 4.40. The largest absolute Gasteiger partial charge is 0.370 e. The number of carbonyl (C=O) groups is 3. The van der Waals surface area contributed by atoms with Crippen LogP contribution in [0, 0.1) is 0 Å². The SMILES string of the molecule is CCCC(F)(F)C(=O)[14C@H](CCCN=C(N)N)NC(=O)[C@@H]1CCCN1C(=O)[C@@H](Cc1ccccc1)NC. The average molecular weight is 511 g/mol. The zero-order valence-electron chi connectivity index (χ0n) is 21.0. The number of guanidine groups is 1. The number of halogens is 2. The molecular formula is C25H38F2N6O3. The van der Waals surface area contributed by atoms with E-state index in [0.29, 0.717) is 25.8 Å². The van der Waals surface area contributed by atoms with Crippen LogP contribution in [0.2, 0.25) is 0 Å². The van der Waals surface area contributed by atoms with Crippen LogP contribution in [0.4, 0.5) is 8.78 Å². The molecule has 0 aromatic heterocycles. The van der Waals surface area contributed by atoms with E-state index in [1.165, 1.54) is 4.90 Å². The van der Waals surface area contributed by atoms with E-state index in [1.54, 1.807) is 14.0 Å². The Morgan fingerprint density at radius 2 is 1.94 bits per heavy atom. The summed E-state index contributed by atoms with van der Waals surface area (Å²) in [6, 6.07) is 6.70. The Kier molecular flexibility index (Phi) is 11.2. The Labute approximate surface area is 211 Å². The van der Waals surface area contributed by atoms with Crippen LogP contribution in [0.5, 0.6) is 0 Å². The highest BCUT2D eigenvalue weighted by Gasteiger charge is 2.44. The first-order chi connectivity index (χ1) is 17.1. The third-order valence-corrected chi connectivity index (χ3v) is 6.27. The molecule has 1 saturated heterocycles. The maximum Gasteiger partial charge on any atom is 0.307 e. The second-order valence-corrected chi connectivity index (χ2v) is 9.05. The topological polar surface area (TPSA) is 143 Å². The van der Waals surface area contributed by atoms with E-state index in [-0.39, 0.29) is 37.7 Å². The van der Waals surface area contributed by atoms with Crippen molar-refractivity contribution in [3.8, 4) is 0 Å². The van der Waals surface area contributed by atoms with Crippen molar-refractivity contribution in [3.63, 3.8) is 0 Å². The number of nitrogens with two attached hydrogens (primary N) is 2. The van der Waals surface area contributed by atoms with Gasteiger partial charge in [0.25, 0.3) is 0 Å². The van der Waals surface area contributed by atoms with Crippen molar-refractivity contribution in [1.29, 1.82) is 0 Å². The number of carbonyl (C=O) groups excluding carboxylic acids is 3. The van der Waals surface area contributed by atoms with Gasteiger partial charge in [-0.25, -0.2) is 0 Å². The van der Waals surface area contributed by atoms with Gasteiger partial charge in [-0.3, -0.25) is 19.4 Å². The molecular weight excluding hydrogens is 472 g/mol. The molecule has 2 amide bonds. The second-order valence-electron chi connectivity index (χ2n) is 9.05. The number of aliphatic imine (C=N–C) groups is 1. The summed E-state index contributed by atoms with van der Waals surface area (Å²) in [7, 11) is 1.68. The van der Waals surface area contributed by atoms with Crippen LogP contribution in [-0.4, -0.2) is 72.6 Å². The third kappa shape index (κ3) is 8.25. The van der Waals surface area contributed by atoms with Crippen molar-refractivity contribution < 1.29 is 23.2 Å². The monoisotopic (exact) mass is 510 g/mol. The number of likely N-dealkylation sites (tertiary alicyclic amines) is 1. The van der Waals surface area contributed by atoms with Crippen LogP contribution in [-0.2, 0) is 20.8 Å². The average Bonchev–Trinajstić information content (AvgIpc) is 3.34. The van der Waals surface area contributed by atoms with Crippen molar-refractivity contribution in [2.45, 2.75) is 75.9 Å². The van der Waals surface area contributed by atoms with Gasteiger partial charge in [0.1, 0.15) is 6.04 Å². The molecule has 0 aliphatic carbocycles. The fraction of sp³-hybridized carbons (Fsp3) is 0.600. The van der Waals surface area contributed by atoms with Crippen LogP contribution in [0.3, 0.4) is 0 Å². The Hall–Kier alpha value is -3.08. The summed E-state index contributed by atoms with van der Waals surface area (Å²) in [5.74, 6) is -5.90. The minimum atomic E-state index is -3.57. The molecule has 0 unspecified atom stereocenters. The van der Waals surface area contributed by atoms with Crippen molar-refractivity contribution in [3.05, 3.63) is 35.9 Å². The molecule has 1 aliphatic heterocycles. The molecule has 1 heterocycles. The minimum absolute atomic E-state index is 0.0472. The Bertz CT molecular complexity index is 908. The molecule has 200 valence electrons. The first-order valence-electron chi connectivity index (χ1n) is 12.4. The third-order valence-electron chi connectivity index (χ3n) is 6.27. The summed E-state index contributed by atoms with van der Waals surface area (Å²) in [6.45, 7) is 2.07. The predicted octanol–water partition coefficient (Wildman–Crippen LogP) is 1.35. The number of benzene rings is 1. The van der Waals surface area contributed by atoms with Crippen LogP contribution in [0.1, 0.15) is 51.0 Å². The quantitative estimate of drug-likeness (QED) is 0.169. The fourth-order valence-corrected chi connectivity index (χ4v) is 4.40. The van der Waals surface area contributed by atoms with Crippen LogP contribution in [0.25, 0.3) is 0 Å². The van der Waals surface area contributed by atoms with Gasteiger partial charge in [0.05, 0.1) is 12.1 Å². The number of ketones is 1. The molecule has 1 aliphatic rings. The molecule has 3 atom stereocenters. The standard InChI is InChI=1S/C25H38F2N6O3/c1-3-13-25(26,27)21(34)18(11-7-14-31-24(28)29)32-22(35)20-12-8-15-33(20)23(36)19(30-2)16-17-9-5-4-6-10-17/h4-6,9-10,18-20,30H,3,7-8,11-16H2,1-2H3,(H,32,35)(H4,28,29,31)/t18-,19+,20-/m0/s1/i18+2. The van der Waals surface area contributed by atoms with E-state index in [4.69, 9.17) is 11.5 Å². The zero-order chi connectivity index (χ0) is 26.7. The van der Waals surface area contributed by atoms with E-state index in [2.05, 4.69) is 15.6 Å². The first kappa shape index (κ1) is 29.2. The second kappa shape index (κ2) is 13.9. The van der Waals surface area contributed by atoms with Crippen molar-refractivity contribution in [1.82, 2.24) is 15.5 Å². The summed E-state index contributed by atoms with van der Waals surface area (Å²) >= 11 is 0. The van der Waals surface area contributed by atoms with Crippen molar-refractivity contribution >= 4 is 23.6 Å². The number of Topliss-reactive ketones (excluding diaryl/α,β-unsaturated/α-hetero) is 1. The Morgan fingerprint density at radius 1 is 1.25 bits per heavy atom. The lowest BCUT2D eigenvalue weighted by molar-refractivity contribution is -0.149. The predicted molar refractivity (Wildman–Crippen MR) is 134 cm³/mol. The van der Waals surface area contributed by atoms with Gasteiger partial charge in [-0.2, -0.15) is 8.78 Å². The Morgan fingerprint density at radius 3 is 2.56 bits per heavy atom. The lowest BCUT2D eigenvalue weighted by Crippen LogP contribution is -2.56. The zero-order valence-corrected chi connectivity index (χ0v) is 21.0.